The van der Waals surface area contributed by atoms with Crippen molar-refractivity contribution in [3.63, 3.8) is 0 Å². The molecule has 3 aromatic rings. The van der Waals surface area contributed by atoms with E-state index >= 15 is 0 Å². The zero-order valence-corrected chi connectivity index (χ0v) is 22.4. The molecule has 1 saturated heterocycles. The lowest BCUT2D eigenvalue weighted by Crippen LogP contribution is -2.29. The van der Waals surface area contributed by atoms with E-state index in [2.05, 4.69) is 5.32 Å². The van der Waals surface area contributed by atoms with Gasteiger partial charge < -0.3 is 10.1 Å². The Morgan fingerprint density at radius 3 is 2.44 bits per heavy atom. The van der Waals surface area contributed by atoms with Crippen molar-refractivity contribution in [1.29, 1.82) is 0 Å². The molecular weight excluding hydrogens is 545 g/mol. The Bertz CT molecular complexity index is 1380. The van der Waals surface area contributed by atoms with E-state index in [-0.39, 0.29) is 18.0 Å². The van der Waals surface area contributed by atoms with E-state index in [1.807, 2.05) is 54.6 Å². The molecule has 0 unspecified atom stereocenters. The molecule has 1 fully saturated rings. The first-order chi connectivity index (χ1) is 18.7. The molecule has 4 rings (SSSR count). The SMILES string of the molecule is O=C(CCCCCN1C(=O)/C(=C/c2cccc(Oc3ccccc3)c2)SC1=S)Nc1ccccc1C(F)(F)F. The Balaban J connectivity index is 1.25. The van der Waals surface area contributed by atoms with Gasteiger partial charge in [-0.15, -0.1) is 0 Å². The van der Waals surface area contributed by atoms with Gasteiger partial charge in [0.05, 0.1) is 16.2 Å². The zero-order chi connectivity index (χ0) is 27.8. The maximum Gasteiger partial charge on any atom is 0.418 e. The lowest BCUT2D eigenvalue weighted by Gasteiger charge is -2.14. The van der Waals surface area contributed by atoms with E-state index < -0.39 is 17.6 Å². The first kappa shape index (κ1) is 28.4. The van der Waals surface area contributed by atoms with Gasteiger partial charge in [0.2, 0.25) is 5.91 Å². The van der Waals surface area contributed by atoms with Crippen molar-refractivity contribution in [2.24, 2.45) is 0 Å². The highest BCUT2D eigenvalue weighted by Crippen LogP contribution is 2.35. The first-order valence-corrected chi connectivity index (χ1v) is 13.5. The fourth-order valence-corrected chi connectivity index (χ4v) is 5.23. The van der Waals surface area contributed by atoms with Crippen molar-refractivity contribution in [2.75, 3.05) is 11.9 Å². The highest BCUT2D eigenvalue weighted by Gasteiger charge is 2.33. The van der Waals surface area contributed by atoms with Crippen LogP contribution in [-0.2, 0) is 15.8 Å². The number of hydrogen-bond acceptors (Lipinski definition) is 5. The van der Waals surface area contributed by atoms with Gasteiger partial charge in [0.15, 0.2) is 0 Å². The number of rotatable bonds is 10. The van der Waals surface area contributed by atoms with E-state index in [4.69, 9.17) is 17.0 Å². The molecule has 0 radical (unpaired) electrons. The van der Waals surface area contributed by atoms with Gasteiger partial charge in [-0.1, -0.05) is 72.9 Å². The fraction of sp³-hybridized carbons (Fsp3) is 0.207. The maximum atomic E-state index is 13.1. The number of nitrogens with one attached hydrogen (secondary N) is 1. The molecule has 0 aliphatic carbocycles. The molecule has 0 spiro atoms. The molecule has 1 N–H and O–H groups in total. The number of thioether (sulfide) groups is 1. The molecule has 1 heterocycles. The van der Waals surface area contributed by atoms with Crippen LogP contribution in [-0.4, -0.2) is 27.6 Å². The van der Waals surface area contributed by atoms with Crippen molar-refractivity contribution in [2.45, 2.75) is 31.9 Å². The minimum absolute atomic E-state index is 0.0753. The Labute approximate surface area is 234 Å². The molecule has 10 heteroatoms. The zero-order valence-electron chi connectivity index (χ0n) is 20.7. The smallest absolute Gasteiger partial charge is 0.418 e. The van der Waals surface area contributed by atoms with Crippen LogP contribution in [0, 0.1) is 0 Å². The molecule has 0 saturated carbocycles. The van der Waals surface area contributed by atoms with Crippen LogP contribution in [0.25, 0.3) is 6.08 Å². The largest absolute Gasteiger partial charge is 0.457 e. The Kier molecular flexibility index (Phi) is 9.42. The monoisotopic (exact) mass is 570 g/mol. The number of para-hydroxylation sites is 2. The van der Waals surface area contributed by atoms with Gasteiger partial charge in [-0.3, -0.25) is 14.5 Å². The van der Waals surface area contributed by atoms with Crippen molar-refractivity contribution in [3.05, 3.63) is 94.9 Å². The molecule has 39 heavy (non-hydrogen) atoms. The van der Waals surface area contributed by atoms with Gasteiger partial charge in [0.1, 0.15) is 15.8 Å². The predicted octanol–water partition coefficient (Wildman–Crippen LogP) is 7.90. The summed E-state index contributed by atoms with van der Waals surface area (Å²) >= 11 is 6.64. The number of amides is 2. The number of alkyl halides is 3. The van der Waals surface area contributed by atoms with E-state index in [9.17, 15) is 22.8 Å². The van der Waals surface area contributed by atoms with Gasteiger partial charge in [0, 0.05) is 13.0 Å². The summed E-state index contributed by atoms with van der Waals surface area (Å²) in [4.78, 5) is 27.2. The average Bonchev–Trinajstić information content (AvgIpc) is 3.16. The quantitative estimate of drug-likeness (QED) is 0.153. The second-order valence-electron chi connectivity index (χ2n) is 8.72. The van der Waals surface area contributed by atoms with E-state index in [1.54, 1.807) is 6.08 Å². The molecular formula is C29H25F3N2O3S2. The number of halogens is 3. The second kappa shape index (κ2) is 12.9. The minimum atomic E-state index is -4.55. The fourth-order valence-electron chi connectivity index (χ4n) is 3.92. The summed E-state index contributed by atoms with van der Waals surface area (Å²) < 4.78 is 45.6. The van der Waals surface area contributed by atoms with Gasteiger partial charge in [0.25, 0.3) is 5.91 Å². The number of carbonyl (C=O) groups is 2. The minimum Gasteiger partial charge on any atom is -0.457 e. The number of carbonyl (C=O) groups excluding carboxylic acids is 2. The third-order valence-corrected chi connectivity index (χ3v) is 7.18. The van der Waals surface area contributed by atoms with Crippen LogP contribution in [0.2, 0.25) is 0 Å². The highest BCUT2D eigenvalue weighted by atomic mass is 32.2. The van der Waals surface area contributed by atoms with Crippen LogP contribution in [0.5, 0.6) is 11.5 Å². The van der Waals surface area contributed by atoms with Crippen molar-refractivity contribution < 1.29 is 27.5 Å². The van der Waals surface area contributed by atoms with Crippen LogP contribution in [0.4, 0.5) is 18.9 Å². The number of nitrogens with zero attached hydrogens (tertiary/aromatic N) is 1. The number of thiocarbonyl (C=S) groups is 1. The molecule has 0 atom stereocenters. The number of hydrogen-bond donors (Lipinski definition) is 1. The lowest BCUT2D eigenvalue weighted by atomic mass is 10.1. The van der Waals surface area contributed by atoms with Crippen molar-refractivity contribution >= 4 is 51.9 Å². The summed E-state index contributed by atoms with van der Waals surface area (Å²) in [6.45, 7) is 0.400. The Morgan fingerprint density at radius 1 is 0.949 bits per heavy atom. The van der Waals surface area contributed by atoms with Crippen molar-refractivity contribution in [3.8, 4) is 11.5 Å². The Morgan fingerprint density at radius 2 is 1.67 bits per heavy atom. The molecule has 0 aromatic heterocycles. The summed E-state index contributed by atoms with van der Waals surface area (Å²) in [6, 6.07) is 21.7. The second-order valence-corrected chi connectivity index (χ2v) is 10.4. The number of ether oxygens (including phenoxy) is 1. The third kappa shape index (κ3) is 7.93. The van der Waals surface area contributed by atoms with E-state index in [0.717, 1.165) is 11.6 Å². The molecule has 1 aliphatic heterocycles. The summed E-state index contributed by atoms with van der Waals surface area (Å²) in [7, 11) is 0. The lowest BCUT2D eigenvalue weighted by molar-refractivity contribution is -0.137. The summed E-state index contributed by atoms with van der Waals surface area (Å²) in [5.74, 6) is 0.695. The molecule has 2 amide bonds. The summed E-state index contributed by atoms with van der Waals surface area (Å²) in [5, 5.41) is 2.35. The standard InChI is InChI=1S/C29H25F3N2O3S2/c30-29(31,32)23-14-6-7-15-24(23)33-26(35)16-5-2-8-17-34-27(36)25(39-28(34)38)19-20-10-9-13-22(18-20)37-21-11-3-1-4-12-21/h1,3-4,6-7,9-15,18-19H,2,5,8,16-17H2,(H,33,35)/b25-19-. The topological polar surface area (TPSA) is 58.6 Å². The molecule has 3 aromatic carbocycles. The van der Waals surface area contributed by atoms with Gasteiger partial charge in [-0.2, -0.15) is 13.2 Å². The first-order valence-electron chi connectivity index (χ1n) is 12.2. The Hall–Kier alpha value is -3.63. The van der Waals surface area contributed by atoms with Crippen LogP contribution < -0.4 is 10.1 Å². The summed E-state index contributed by atoms with van der Waals surface area (Å²) in [5.41, 5.74) is -0.324. The molecule has 5 nitrogen and oxygen atoms in total. The van der Waals surface area contributed by atoms with Gasteiger partial charge in [-0.05, 0) is 60.9 Å². The number of benzene rings is 3. The number of unbranched alkanes of at least 4 members (excludes halogenated alkanes) is 2. The highest BCUT2D eigenvalue weighted by molar-refractivity contribution is 8.26. The molecule has 202 valence electrons. The van der Waals surface area contributed by atoms with Crippen LogP contribution in [0.1, 0.15) is 36.8 Å². The van der Waals surface area contributed by atoms with Crippen LogP contribution >= 0.6 is 24.0 Å². The van der Waals surface area contributed by atoms with E-state index in [0.29, 0.717) is 46.5 Å². The summed E-state index contributed by atoms with van der Waals surface area (Å²) in [6.07, 6.45) is -1.00. The van der Waals surface area contributed by atoms with Crippen LogP contribution in [0.15, 0.2) is 83.8 Å². The number of anilines is 1. The van der Waals surface area contributed by atoms with Crippen LogP contribution in [0.3, 0.4) is 0 Å². The molecule has 1 aliphatic rings. The normalized spacial score (nSPS) is 14.6. The molecule has 0 bridgehead atoms. The van der Waals surface area contributed by atoms with Crippen molar-refractivity contribution in [1.82, 2.24) is 4.90 Å². The van der Waals surface area contributed by atoms with Gasteiger partial charge >= 0.3 is 6.18 Å². The maximum absolute atomic E-state index is 13.1. The van der Waals surface area contributed by atoms with E-state index in [1.165, 1.54) is 34.9 Å². The third-order valence-electron chi connectivity index (χ3n) is 5.80. The van der Waals surface area contributed by atoms with Gasteiger partial charge in [-0.25, -0.2) is 0 Å². The average molecular weight is 571 g/mol. The predicted molar refractivity (Wildman–Crippen MR) is 151 cm³/mol.